The van der Waals surface area contributed by atoms with E-state index in [2.05, 4.69) is 4.90 Å². The summed E-state index contributed by atoms with van der Waals surface area (Å²) in [5.74, 6) is -0.459. The third-order valence-corrected chi connectivity index (χ3v) is 7.68. The number of pyridine rings is 1. The Morgan fingerprint density at radius 1 is 0.882 bits per heavy atom. The molecule has 0 radical (unpaired) electrons. The Morgan fingerprint density at radius 2 is 1.56 bits per heavy atom. The van der Waals surface area contributed by atoms with Gasteiger partial charge in [-0.1, -0.05) is 35.9 Å². The number of barbiturate groups is 1. The topological polar surface area (TPSA) is 82.9 Å². The van der Waals surface area contributed by atoms with Crippen LogP contribution in [0.15, 0.2) is 47.3 Å². The van der Waals surface area contributed by atoms with Crippen molar-refractivity contribution in [2.45, 2.75) is 32.2 Å². The van der Waals surface area contributed by atoms with Crippen LogP contribution in [0.4, 0.5) is 4.79 Å². The van der Waals surface area contributed by atoms with Gasteiger partial charge in [0.05, 0.1) is 0 Å². The maximum atomic E-state index is 13.6. The Balaban J connectivity index is 1.50. The van der Waals surface area contributed by atoms with Crippen molar-refractivity contribution in [2.75, 3.05) is 33.7 Å². The highest BCUT2D eigenvalue weighted by molar-refractivity contribution is 6.19. The number of piperidine rings is 1. The number of rotatable bonds is 4. The van der Waals surface area contributed by atoms with Crippen LogP contribution < -0.4 is 5.56 Å². The molecule has 4 heterocycles. The molecule has 3 aliphatic heterocycles. The van der Waals surface area contributed by atoms with Crippen LogP contribution in [0.5, 0.6) is 0 Å². The number of aromatic nitrogens is 1. The van der Waals surface area contributed by atoms with E-state index in [1.807, 2.05) is 41.8 Å². The van der Waals surface area contributed by atoms with Gasteiger partial charge in [0.2, 0.25) is 11.8 Å². The Kier molecular flexibility index (Phi) is 5.43. The molecule has 3 aliphatic rings. The fourth-order valence-corrected chi connectivity index (χ4v) is 6.04. The number of hydrogen-bond donors (Lipinski definition) is 0. The molecule has 0 spiro atoms. The van der Waals surface area contributed by atoms with E-state index in [1.165, 1.54) is 14.1 Å². The van der Waals surface area contributed by atoms with Gasteiger partial charge < -0.3 is 9.47 Å². The molecule has 178 valence electrons. The van der Waals surface area contributed by atoms with Gasteiger partial charge in [0.25, 0.3) is 5.56 Å². The van der Waals surface area contributed by atoms with E-state index in [1.54, 1.807) is 12.1 Å². The Morgan fingerprint density at radius 3 is 2.24 bits per heavy atom. The quantitative estimate of drug-likeness (QED) is 0.648. The summed E-state index contributed by atoms with van der Waals surface area (Å²) in [6, 6.07) is 12.6. The van der Waals surface area contributed by atoms with E-state index in [0.29, 0.717) is 19.6 Å². The van der Waals surface area contributed by atoms with Crippen molar-refractivity contribution in [1.82, 2.24) is 19.3 Å². The van der Waals surface area contributed by atoms with Crippen molar-refractivity contribution in [3.05, 3.63) is 69.6 Å². The largest absolute Gasteiger partial charge is 0.332 e. The monoisotopic (exact) mass is 462 g/mol. The first-order valence-electron chi connectivity index (χ1n) is 11.8. The first kappa shape index (κ1) is 22.5. The zero-order valence-corrected chi connectivity index (χ0v) is 19.9. The average Bonchev–Trinajstić information content (AvgIpc) is 2.82. The van der Waals surface area contributed by atoms with Crippen LogP contribution >= 0.6 is 0 Å². The highest BCUT2D eigenvalue weighted by atomic mass is 16.2. The van der Waals surface area contributed by atoms with Crippen molar-refractivity contribution in [1.29, 1.82) is 0 Å². The zero-order valence-electron chi connectivity index (χ0n) is 19.9. The number of amides is 4. The molecule has 4 amide bonds. The Labute approximate surface area is 198 Å². The molecule has 8 heteroatoms. The van der Waals surface area contributed by atoms with Crippen LogP contribution in [0.25, 0.3) is 0 Å². The fraction of sp³-hybridized carbons (Fsp3) is 0.462. The third-order valence-electron chi connectivity index (χ3n) is 7.68. The molecule has 2 atom stereocenters. The molecule has 2 aromatic rings. The Hall–Kier alpha value is -3.26. The van der Waals surface area contributed by atoms with Gasteiger partial charge >= 0.3 is 6.03 Å². The maximum absolute atomic E-state index is 13.6. The highest BCUT2D eigenvalue weighted by Crippen LogP contribution is 2.39. The van der Waals surface area contributed by atoms with Crippen molar-refractivity contribution < 1.29 is 14.4 Å². The summed E-state index contributed by atoms with van der Waals surface area (Å²) in [6.45, 7) is 4.25. The minimum Gasteiger partial charge on any atom is -0.312 e. The maximum Gasteiger partial charge on any atom is 0.332 e. The van der Waals surface area contributed by atoms with Gasteiger partial charge in [0.1, 0.15) is 5.41 Å². The van der Waals surface area contributed by atoms with Crippen LogP contribution in [0.1, 0.15) is 29.2 Å². The lowest BCUT2D eigenvalue weighted by atomic mass is 9.75. The number of carbonyl (C=O) groups excluding carboxylic acids is 3. The normalized spacial score (nSPS) is 24.4. The number of imide groups is 2. The Bertz CT molecular complexity index is 1190. The molecule has 5 rings (SSSR count). The van der Waals surface area contributed by atoms with Crippen molar-refractivity contribution >= 4 is 17.8 Å². The second-order valence-electron chi connectivity index (χ2n) is 10.1. The lowest BCUT2D eigenvalue weighted by molar-refractivity contribution is -0.159. The number of urea groups is 1. The summed E-state index contributed by atoms with van der Waals surface area (Å²) in [5.41, 5.74) is 1.65. The average molecular weight is 463 g/mol. The van der Waals surface area contributed by atoms with E-state index < -0.39 is 23.3 Å². The molecule has 2 saturated heterocycles. The summed E-state index contributed by atoms with van der Waals surface area (Å²) in [6.07, 6.45) is 1.22. The molecule has 8 nitrogen and oxygen atoms in total. The molecule has 0 unspecified atom stereocenters. The van der Waals surface area contributed by atoms with Crippen LogP contribution in [0, 0.1) is 18.3 Å². The molecule has 34 heavy (non-hydrogen) atoms. The second kappa shape index (κ2) is 8.20. The number of benzene rings is 1. The lowest BCUT2D eigenvalue weighted by Crippen LogP contribution is -2.67. The van der Waals surface area contributed by atoms with Gasteiger partial charge in [-0.05, 0) is 37.3 Å². The van der Waals surface area contributed by atoms with Crippen LogP contribution in [0.3, 0.4) is 0 Å². The molecular weight excluding hydrogens is 432 g/mol. The summed E-state index contributed by atoms with van der Waals surface area (Å²) < 4.78 is 1.87. The number of carbonyl (C=O) groups is 3. The third kappa shape index (κ3) is 3.57. The van der Waals surface area contributed by atoms with E-state index in [4.69, 9.17) is 0 Å². The number of hydrogen-bond acceptors (Lipinski definition) is 5. The summed E-state index contributed by atoms with van der Waals surface area (Å²) in [7, 11) is 2.90. The molecule has 0 N–H and O–H groups in total. The van der Waals surface area contributed by atoms with Gasteiger partial charge in [0.15, 0.2) is 0 Å². The molecule has 0 saturated carbocycles. The van der Waals surface area contributed by atoms with E-state index in [-0.39, 0.29) is 30.4 Å². The van der Waals surface area contributed by atoms with Crippen LogP contribution in [-0.2, 0) is 22.6 Å². The van der Waals surface area contributed by atoms with Gasteiger partial charge in [-0.25, -0.2) is 4.79 Å². The van der Waals surface area contributed by atoms with Gasteiger partial charge in [-0.15, -0.1) is 0 Å². The summed E-state index contributed by atoms with van der Waals surface area (Å²) in [5, 5.41) is 0. The van der Waals surface area contributed by atoms with Gasteiger partial charge in [-0.3, -0.25) is 24.2 Å². The SMILES string of the molecule is Cc1ccc(CC2(CN3C[C@@H]4C[C@H](C3)c3cccc(=O)n3C4)C(=O)N(C)C(=O)N(C)C2=O)cc1. The lowest BCUT2D eigenvalue weighted by Gasteiger charge is -2.48. The van der Waals surface area contributed by atoms with Crippen molar-refractivity contribution in [2.24, 2.45) is 11.3 Å². The number of likely N-dealkylation sites (tertiary alicyclic amines) is 1. The minimum atomic E-state index is -1.38. The number of aryl methyl sites for hydroxylation is 1. The predicted molar refractivity (Wildman–Crippen MR) is 126 cm³/mol. The fourth-order valence-electron chi connectivity index (χ4n) is 6.04. The highest BCUT2D eigenvalue weighted by Gasteiger charge is 2.56. The van der Waals surface area contributed by atoms with Crippen molar-refractivity contribution in [3.8, 4) is 0 Å². The first-order valence-corrected chi connectivity index (χ1v) is 11.8. The molecule has 1 aromatic heterocycles. The molecular formula is C26H30N4O4. The predicted octanol–water partition coefficient (Wildman–Crippen LogP) is 1.86. The molecule has 0 aliphatic carbocycles. The van der Waals surface area contributed by atoms with Crippen LogP contribution in [0.2, 0.25) is 0 Å². The smallest absolute Gasteiger partial charge is 0.312 e. The second-order valence-corrected chi connectivity index (χ2v) is 10.1. The standard InChI is InChI=1S/C26H30N4O4/c1-17-7-9-18(10-8-17)12-26(23(32)27(2)25(34)28(3)24(26)33)16-29-13-19-11-20(15-29)21-5-4-6-22(31)30(21)14-19/h4-10,19-20H,11-16H2,1-3H3/t19-,20+/m0/s1. The molecule has 2 bridgehead atoms. The van der Waals surface area contributed by atoms with E-state index in [9.17, 15) is 19.2 Å². The van der Waals surface area contributed by atoms with Gasteiger partial charge in [0, 0.05) is 58.0 Å². The molecule has 1 aromatic carbocycles. The summed E-state index contributed by atoms with van der Waals surface area (Å²) in [4.78, 5) is 56.5. The van der Waals surface area contributed by atoms with E-state index >= 15 is 0 Å². The number of fused-ring (bicyclic) bond motifs is 4. The van der Waals surface area contributed by atoms with Crippen molar-refractivity contribution in [3.63, 3.8) is 0 Å². The number of nitrogens with zero attached hydrogens (tertiary/aromatic N) is 4. The van der Waals surface area contributed by atoms with E-state index in [0.717, 1.165) is 33.0 Å². The zero-order chi connectivity index (χ0) is 24.2. The first-order chi connectivity index (χ1) is 16.2. The summed E-state index contributed by atoms with van der Waals surface area (Å²) >= 11 is 0. The minimum absolute atomic E-state index is 0.0240. The van der Waals surface area contributed by atoms with Gasteiger partial charge in [-0.2, -0.15) is 0 Å². The molecule has 2 fully saturated rings. The van der Waals surface area contributed by atoms with Crippen LogP contribution in [-0.4, -0.2) is 70.8 Å².